The van der Waals surface area contributed by atoms with Crippen molar-refractivity contribution < 1.29 is 0 Å². The summed E-state index contributed by atoms with van der Waals surface area (Å²) in [4.78, 5) is 0. The van der Waals surface area contributed by atoms with Crippen molar-refractivity contribution in [3.05, 3.63) is 0 Å². The minimum Gasteiger partial charge on any atom is -0.327 e. The van der Waals surface area contributed by atoms with Crippen molar-refractivity contribution in [2.75, 3.05) is 0 Å². The Bertz CT molecular complexity index is 249. The van der Waals surface area contributed by atoms with Crippen molar-refractivity contribution in [2.24, 2.45) is 23.0 Å². The molecule has 1 saturated carbocycles. The highest BCUT2D eigenvalue weighted by molar-refractivity contribution is 4.91. The minimum atomic E-state index is 0.358. The van der Waals surface area contributed by atoms with Crippen LogP contribution in [0.4, 0.5) is 0 Å². The molecular formula is C15H27N. The van der Waals surface area contributed by atoms with Gasteiger partial charge in [-0.15, -0.1) is 12.3 Å². The molecule has 0 saturated heterocycles. The zero-order valence-electron chi connectivity index (χ0n) is 11.1. The van der Waals surface area contributed by atoms with Crippen molar-refractivity contribution in [2.45, 2.75) is 65.3 Å². The van der Waals surface area contributed by atoms with Gasteiger partial charge in [0.1, 0.15) is 0 Å². The Kier molecular flexibility index (Phi) is 4.87. The van der Waals surface area contributed by atoms with E-state index in [4.69, 9.17) is 12.2 Å². The monoisotopic (exact) mass is 221 g/mol. The van der Waals surface area contributed by atoms with E-state index in [9.17, 15) is 0 Å². The summed E-state index contributed by atoms with van der Waals surface area (Å²) in [6.45, 7) is 7.05. The van der Waals surface area contributed by atoms with Gasteiger partial charge in [0.05, 0.1) is 0 Å². The summed E-state index contributed by atoms with van der Waals surface area (Å²) in [5.74, 6) is 4.22. The molecule has 0 aliphatic heterocycles. The molecule has 1 aliphatic rings. The SMILES string of the molecule is C#CCCCC(C)(C)C1CCC(C)CC1N. The number of hydrogen-bond donors (Lipinski definition) is 1. The lowest BCUT2D eigenvalue weighted by molar-refractivity contribution is 0.103. The normalized spacial score (nSPS) is 31.1. The fraction of sp³-hybridized carbons (Fsp3) is 0.867. The molecule has 1 fully saturated rings. The molecule has 1 aliphatic carbocycles. The Morgan fingerprint density at radius 2 is 2.06 bits per heavy atom. The first kappa shape index (κ1) is 13.6. The topological polar surface area (TPSA) is 26.0 Å². The van der Waals surface area contributed by atoms with Crippen molar-refractivity contribution in [3.8, 4) is 12.3 Å². The number of rotatable bonds is 4. The number of terminal acetylenes is 1. The van der Waals surface area contributed by atoms with Crippen molar-refractivity contribution in [1.82, 2.24) is 0 Å². The van der Waals surface area contributed by atoms with Crippen LogP contribution in [0.3, 0.4) is 0 Å². The third kappa shape index (κ3) is 3.52. The highest BCUT2D eigenvalue weighted by atomic mass is 14.7. The zero-order valence-corrected chi connectivity index (χ0v) is 11.1. The second-order valence-corrected chi connectivity index (χ2v) is 6.23. The maximum absolute atomic E-state index is 6.32. The van der Waals surface area contributed by atoms with Crippen LogP contribution in [-0.2, 0) is 0 Å². The summed E-state index contributed by atoms with van der Waals surface area (Å²) < 4.78 is 0. The maximum atomic E-state index is 6.32. The number of hydrogen-bond acceptors (Lipinski definition) is 1. The Hall–Kier alpha value is -0.480. The van der Waals surface area contributed by atoms with E-state index in [-0.39, 0.29) is 0 Å². The van der Waals surface area contributed by atoms with Gasteiger partial charge in [0, 0.05) is 12.5 Å². The van der Waals surface area contributed by atoms with Crippen molar-refractivity contribution >= 4 is 0 Å². The van der Waals surface area contributed by atoms with Crippen LogP contribution < -0.4 is 5.73 Å². The number of nitrogens with two attached hydrogens (primary N) is 1. The summed E-state index contributed by atoms with van der Waals surface area (Å²) in [5.41, 5.74) is 6.68. The van der Waals surface area contributed by atoms with E-state index in [1.165, 1.54) is 25.7 Å². The summed E-state index contributed by atoms with van der Waals surface area (Å²) in [6.07, 6.45) is 12.4. The molecule has 3 unspecified atom stereocenters. The van der Waals surface area contributed by atoms with Crippen molar-refractivity contribution in [3.63, 3.8) is 0 Å². The standard InChI is InChI=1S/C15H27N/c1-5-6-7-10-15(3,4)13-9-8-12(2)11-14(13)16/h1,12-14H,6-11,16H2,2-4H3. The third-order valence-corrected chi connectivity index (χ3v) is 4.31. The smallest absolute Gasteiger partial charge is 0.00862 e. The quantitative estimate of drug-likeness (QED) is 0.570. The second kappa shape index (κ2) is 5.73. The predicted octanol–water partition coefficient (Wildman–Crippen LogP) is 3.58. The number of unbranched alkanes of at least 4 members (excludes halogenated alkanes) is 1. The Morgan fingerprint density at radius 3 is 2.62 bits per heavy atom. The first-order chi connectivity index (χ1) is 7.47. The molecule has 0 aromatic carbocycles. The molecule has 0 aromatic rings. The lowest BCUT2D eigenvalue weighted by Crippen LogP contribution is -2.43. The van der Waals surface area contributed by atoms with Gasteiger partial charge >= 0.3 is 0 Å². The van der Waals surface area contributed by atoms with Gasteiger partial charge in [0.25, 0.3) is 0 Å². The summed E-state index contributed by atoms with van der Waals surface area (Å²) in [7, 11) is 0. The molecular weight excluding hydrogens is 194 g/mol. The van der Waals surface area contributed by atoms with E-state index in [1.54, 1.807) is 0 Å². The van der Waals surface area contributed by atoms with E-state index in [1.807, 2.05) is 0 Å². The predicted molar refractivity (Wildman–Crippen MR) is 70.9 cm³/mol. The molecule has 0 spiro atoms. The van der Waals surface area contributed by atoms with Gasteiger partial charge in [0.15, 0.2) is 0 Å². The molecule has 2 N–H and O–H groups in total. The van der Waals surface area contributed by atoms with Gasteiger partial charge in [-0.25, -0.2) is 0 Å². The van der Waals surface area contributed by atoms with Crippen LogP contribution in [0.1, 0.15) is 59.3 Å². The van der Waals surface area contributed by atoms with E-state index < -0.39 is 0 Å². The molecule has 92 valence electrons. The van der Waals surface area contributed by atoms with Gasteiger partial charge in [-0.3, -0.25) is 0 Å². The average molecular weight is 221 g/mol. The first-order valence-electron chi connectivity index (χ1n) is 6.66. The Balaban J connectivity index is 2.50. The Morgan fingerprint density at radius 1 is 1.38 bits per heavy atom. The highest BCUT2D eigenvalue weighted by Crippen LogP contribution is 2.42. The van der Waals surface area contributed by atoms with Gasteiger partial charge in [-0.05, 0) is 42.9 Å². The molecule has 1 heteroatoms. The van der Waals surface area contributed by atoms with Crippen LogP contribution in [0, 0.1) is 29.6 Å². The lowest BCUT2D eigenvalue weighted by Gasteiger charge is -2.43. The molecule has 16 heavy (non-hydrogen) atoms. The van der Waals surface area contributed by atoms with Gasteiger partial charge < -0.3 is 5.73 Å². The van der Waals surface area contributed by atoms with Crippen LogP contribution >= 0.6 is 0 Å². The van der Waals surface area contributed by atoms with Crippen LogP contribution in [-0.4, -0.2) is 6.04 Å². The second-order valence-electron chi connectivity index (χ2n) is 6.23. The fourth-order valence-corrected chi connectivity index (χ4v) is 3.23. The van der Waals surface area contributed by atoms with Crippen molar-refractivity contribution in [1.29, 1.82) is 0 Å². The fourth-order valence-electron chi connectivity index (χ4n) is 3.23. The molecule has 0 aromatic heterocycles. The molecule has 1 rings (SSSR count). The van der Waals surface area contributed by atoms with E-state index in [2.05, 4.69) is 26.7 Å². The molecule has 3 atom stereocenters. The molecule has 0 bridgehead atoms. The van der Waals surface area contributed by atoms with Gasteiger partial charge in [0.2, 0.25) is 0 Å². The van der Waals surface area contributed by atoms with E-state index >= 15 is 0 Å². The highest BCUT2D eigenvalue weighted by Gasteiger charge is 2.36. The van der Waals surface area contributed by atoms with E-state index in [0.717, 1.165) is 18.8 Å². The van der Waals surface area contributed by atoms with Crippen LogP contribution in [0.25, 0.3) is 0 Å². The summed E-state index contributed by atoms with van der Waals surface area (Å²) in [5, 5.41) is 0. The van der Waals surface area contributed by atoms with Gasteiger partial charge in [-0.1, -0.05) is 27.2 Å². The lowest BCUT2D eigenvalue weighted by atomic mass is 9.65. The third-order valence-electron chi connectivity index (χ3n) is 4.31. The van der Waals surface area contributed by atoms with Crippen LogP contribution in [0.15, 0.2) is 0 Å². The molecule has 0 radical (unpaired) electrons. The van der Waals surface area contributed by atoms with Gasteiger partial charge in [-0.2, -0.15) is 0 Å². The molecule has 0 heterocycles. The molecule has 0 amide bonds. The van der Waals surface area contributed by atoms with Crippen LogP contribution in [0.2, 0.25) is 0 Å². The minimum absolute atomic E-state index is 0.358. The first-order valence-corrected chi connectivity index (χ1v) is 6.66. The summed E-state index contributed by atoms with van der Waals surface area (Å²) >= 11 is 0. The van der Waals surface area contributed by atoms with Crippen LogP contribution in [0.5, 0.6) is 0 Å². The Labute approximate surface area is 101 Å². The average Bonchev–Trinajstić information content (AvgIpc) is 2.17. The maximum Gasteiger partial charge on any atom is 0.00862 e. The largest absolute Gasteiger partial charge is 0.327 e. The van der Waals surface area contributed by atoms with E-state index in [0.29, 0.717) is 17.4 Å². The molecule has 1 nitrogen and oxygen atoms in total. The summed E-state index contributed by atoms with van der Waals surface area (Å²) in [6, 6.07) is 0.393. The zero-order chi connectivity index (χ0) is 12.2.